The van der Waals surface area contributed by atoms with Gasteiger partial charge in [0, 0.05) is 17.2 Å². The molecule has 0 bridgehead atoms. The van der Waals surface area contributed by atoms with Crippen LogP contribution in [0.1, 0.15) is 24.5 Å². The van der Waals surface area contributed by atoms with Gasteiger partial charge in [0.2, 0.25) is 0 Å². The molecular weight excluding hydrogens is 619 g/mol. The van der Waals surface area contributed by atoms with E-state index in [0.29, 0.717) is 41.5 Å². The number of halogens is 9. The molecule has 0 saturated carbocycles. The highest BCUT2D eigenvalue weighted by atomic mass is 19.3. The second kappa shape index (κ2) is 13.2. The monoisotopic (exact) mass is 642 g/mol. The molecule has 0 aromatic heterocycles. The van der Waals surface area contributed by atoms with E-state index in [2.05, 4.69) is 4.74 Å². The van der Waals surface area contributed by atoms with E-state index in [1.165, 1.54) is 12.1 Å². The normalized spacial score (nSPS) is 11.8. The van der Waals surface area contributed by atoms with Gasteiger partial charge in [-0.2, -0.15) is 8.78 Å². The van der Waals surface area contributed by atoms with Crippen LogP contribution in [0.3, 0.4) is 0 Å². The number of hydrogen-bond donors (Lipinski definition) is 0. The van der Waals surface area contributed by atoms with Crippen LogP contribution in [0.25, 0.3) is 33.4 Å². The van der Waals surface area contributed by atoms with Crippen LogP contribution in [0.5, 0.6) is 5.75 Å². The van der Waals surface area contributed by atoms with E-state index >= 15 is 4.39 Å². The summed E-state index contributed by atoms with van der Waals surface area (Å²) in [7, 11) is 0. The standard InChI is InChI=1S/C36H23F9O/c1-2-3-4-5-20-6-8-21(9-7-20)22-10-12-26(28(37)14-22)23-15-30(39)34(31(40)16-23)36(44,45)46-25-11-13-27(29(38)19-25)24-17-32(41)35(43)33(42)18-24/h3-4,6-19H,2,5H2,1H3. The predicted molar refractivity (Wildman–Crippen MR) is 157 cm³/mol. The van der Waals surface area contributed by atoms with Crippen molar-refractivity contribution in [2.24, 2.45) is 0 Å². The fraction of sp³-hybridized carbons (Fsp3) is 0.111. The van der Waals surface area contributed by atoms with Crippen LogP contribution in [0.15, 0.2) is 97.1 Å². The Morgan fingerprint density at radius 3 is 1.59 bits per heavy atom. The molecule has 0 fully saturated rings. The molecule has 0 amide bonds. The first kappa shape index (κ1) is 32.4. The van der Waals surface area contributed by atoms with Gasteiger partial charge in [0.05, 0.1) is 0 Å². The third-order valence-electron chi connectivity index (χ3n) is 7.14. The molecule has 0 aliphatic carbocycles. The van der Waals surface area contributed by atoms with Gasteiger partial charge in [-0.15, -0.1) is 0 Å². The number of allylic oxidation sites excluding steroid dienone is 2. The molecule has 0 aliphatic rings. The van der Waals surface area contributed by atoms with Gasteiger partial charge in [0.15, 0.2) is 17.5 Å². The van der Waals surface area contributed by atoms with E-state index < -0.39 is 69.3 Å². The van der Waals surface area contributed by atoms with Crippen LogP contribution in [0, 0.1) is 40.7 Å². The van der Waals surface area contributed by atoms with E-state index in [1.54, 1.807) is 0 Å². The molecule has 5 aromatic rings. The predicted octanol–water partition coefficient (Wildman–Crippen LogP) is 11.3. The first-order valence-electron chi connectivity index (χ1n) is 13.9. The van der Waals surface area contributed by atoms with E-state index in [-0.39, 0.29) is 11.1 Å². The first-order valence-corrected chi connectivity index (χ1v) is 13.9. The number of alkyl halides is 2. The Bertz CT molecular complexity index is 1890. The lowest BCUT2D eigenvalue weighted by molar-refractivity contribution is -0.189. The van der Waals surface area contributed by atoms with E-state index in [1.807, 2.05) is 43.3 Å². The third-order valence-corrected chi connectivity index (χ3v) is 7.14. The molecule has 1 nitrogen and oxygen atoms in total. The Hall–Kier alpha value is -4.99. The van der Waals surface area contributed by atoms with Gasteiger partial charge in [-0.25, -0.2) is 30.7 Å². The van der Waals surface area contributed by atoms with Gasteiger partial charge in [-0.3, -0.25) is 0 Å². The largest absolute Gasteiger partial charge is 0.432 e. The zero-order valence-electron chi connectivity index (χ0n) is 24.0. The highest BCUT2D eigenvalue weighted by molar-refractivity contribution is 5.72. The fourth-order valence-corrected chi connectivity index (χ4v) is 4.86. The molecule has 5 rings (SSSR count). The van der Waals surface area contributed by atoms with Gasteiger partial charge < -0.3 is 4.74 Å². The maximum absolute atomic E-state index is 15.1. The molecule has 0 saturated heterocycles. The van der Waals surface area contributed by atoms with Crippen LogP contribution in [0.2, 0.25) is 0 Å². The third kappa shape index (κ3) is 6.80. The average Bonchev–Trinajstić information content (AvgIpc) is 2.99. The minimum Gasteiger partial charge on any atom is -0.429 e. The number of ether oxygens (including phenoxy) is 1. The maximum atomic E-state index is 15.1. The Labute approximate surface area is 258 Å². The molecule has 0 spiro atoms. The van der Waals surface area contributed by atoms with Crippen LogP contribution in [-0.4, -0.2) is 0 Å². The smallest absolute Gasteiger partial charge is 0.429 e. The van der Waals surface area contributed by atoms with Crippen molar-refractivity contribution < 1.29 is 44.3 Å². The van der Waals surface area contributed by atoms with E-state index in [9.17, 15) is 35.1 Å². The summed E-state index contributed by atoms with van der Waals surface area (Å²) in [6, 6.07) is 15.4. The minimum absolute atomic E-state index is 0.245. The minimum atomic E-state index is -4.67. The van der Waals surface area contributed by atoms with Crippen molar-refractivity contribution in [1.82, 2.24) is 0 Å². The van der Waals surface area contributed by atoms with Crippen molar-refractivity contribution >= 4 is 0 Å². The van der Waals surface area contributed by atoms with Gasteiger partial charge in [0.25, 0.3) is 0 Å². The zero-order valence-corrected chi connectivity index (χ0v) is 24.0. The van der Waals surface area contributed by atoms with E-state index in [4.69, 9.17) is 0 Å². The topological polar surface area (TPSA) is 9.23 Å². The van der Waals surface area contributed by atoms with Crippen molar-refractivity contribution in [3.8, 4) is 39.1 Å². The van der Waals surface area contributed by atoms with Gasteiger partial charge >= 0.3 is 6.11 Å². The summed E-state index contributed by atoms with van der Waals surface area (Å²) in [5.74, 6) is -11.5. The molecule has 0 heterocycles. The summed E-state index contributed by atoms with van der Waals surface area (Å²) < 4.78 is 135. The Balaban J connectivity index is 1.37. The summed E-state index contributed by atoms with van der Waals surface area (Å²) in [5, 5.41) is 0. The highest BCUT2D eigenvalue weighted by Gasteiger charge is 2.41. The van der Waals surface area contributed by atoms with Crippen molar-refractivity contribution in [1.29, 1.82) is 0 Å². The number of benzene rings is 5. The van der Waals surface area contributed by atoms with Crippen molar-refractivity contribution in [2.75, 3.05) is 0 Å². The summed E-state index contributed by atoms with van der Waals surface area (Å²) in [6.07, 6.45) is 1.07. The van der Waals surface area contributed by atoms with Crippen LogP contribution < -0.4 is 4.74 Å². The molecule has 0 radical (unpaired) electrons. The molecule has 0 N–H and O–H groups in total. The molecule has 236 valence electrons. The highest BCUT2D eigenvalue weighted by Crippen LogP contribution is 2.39. The van der Waals surface area contributed by atoms with Crippen LogP contribution in [-0.2, 0) is 12.5 Å². The lowest BCUT2D eigenvalue weighted by atomic mass is 9.97. The second-order valence-electron chi connectivity index (χ2n) is 10.3. The lowest BCUT2D eigenvalue weighted by Crippen LogP contribution is -2.25. The van der Waals surface area contributed by atoms with Crippen molar-refractivity contribution in [2.45, 2.75) is 25.9 Å². The molecule has 0 aliphatic heterocycles. The Kier molecular flexibility index (Phi) is 9.27. The molecule has 10 heteroatoms. The summed E-state index contributed by atoms with van der Waals surface area (Å²) in [4.78, 5) is 0. The van der Waals surface area contributed by atoms with Crippen molar-refractivity contribution in [3.05, 3.63) is 149 Å². The summed E-state index contributed by atoms with van der Waals surface area (Å²) in [5.41, 5.74) is -1.10. The van der Waals surface area contributed by atoms with Gasteiger partial charge in [0.1, 0.15) is 34.6 Å². The number of rotatable bonds is 9. The molecule has 0 unspecified atom stereocenters. The SMILES string of the molecule is CCC=CCc1ccc(-c2ccc(-c3cc(F)c(C(F)(F)Oc4ccc(-c5cc(F)c(F)c(F)c5)c(F)c4)c(F)c3)c(F)c2)cc1. The lowest BCUT2D eigenvalue weighted by Gasteiger charge is -2.20. The van der Waals surface area contributed by atoms with Crippen LogP contribution >= 0.6 is 0 Å². The first-order chi connectivity index (χ1) is 21.9. The molecular formula is C36H23F9O. The Morgan fingerprint density at radius 2 is 1.04 bits per heavy atom. The molecule has 0 atom stereocenters. The van der Waals surface area contributed by atoms with Gasteiger partial charge in [-0.05, 0) is 83.1 Å². The maximum Gasteiger partial charge on any atom is 0.432 e. The fourth-order valence-electron chi connectivity index (χ4n) is 4.86. The average molecular weight is 643 g/mol. The second-order valence-corrected chi connectivity index (χ2v) is 10.3. The summed E-state index contributed by atoms with van der Waals surface area (Å²) >= 11 is 0. The zero-order chi connectivity index (χ0) is 33.2. The number of hydrogen-bond acceptors (Lipinski definition) is 1. The molecule has 46 heavy (non-hydrogen) atoms. The quantitative estimate of drug-likeness (QED) is 0.0883. The Morgan fingerprint density at radius 1 is 0.543 bits per heavy atom. The van der Waals surface area contributed by atoms with Crippen molar-refractivity contribution in [3.63, 3.8) is 0 Å². The molecule has 5 aromatic carbocycles. The van der Waals surface area contributed by atoms with E-state index in [0.717, 1.165) is 36.6 Å². The van der Waals surface area contributed by atoms with Gasteiger partial charge in [-0.1, -0.05) is 55.5 Å². The summed E-state index contributed by atoms with van der Waals surface area (Å²) in [6.45, 7) is 2.03. The van der Waals surface area contributed by atoms with Crippen LogP contribution in [0.4, 0.5) is 39.5 Å².